The Labute approximate surface area is 160 Å². The Balaban J connectivity index is 2.15. The second kappa shape index (κ2) is 9.34. The Morgan fingerprint density at radius 1 is 1.11 bits per heavy atom. The summed E-state index contributed by atoms with van der Waals surface area (Å²) >= 11 is 0. The molecule has 0 bridgehead atoms. The van der Waals surface area contributed by atoms with Crippen LogP contribution in [-0.2, 0) is 21.4 Å². The number of methoxy groups -OCH3 is 1. The number of sulfonamides is 1. The number of carbonyl (C=O) groups excluding carboxylic acids is 1. The SMILES string of the molecule is C=CCN(CC(=O)N(C)Cc1ccccc1)S(=O)(=O)c1ccc(OC)cc1. The summed E-state index contributed by atoms with van der Waals surface area (Å²) < 4.78 is 32.0. The van der Waals surface area contributed by atoms with Crippen molar-refractivity contribution >= 4 is 15.9 Å². The van der Waals surface area contributed by atoms with E-state index < -0.39 is 10.0 Å². The van der Waals surface area contributed by atoms with Crippen LogP contribution in [-0.4, -0.2) is 50.8 Å². The molecule has 1 amide bonds. The van der Waals surface area contributed by atoms with Crippen LogP contribution in [0.25, 0.3) is 0 Å². The molecule has 2 rings (SSSR count). The second-order valence-electron chi connectivity index (χ2n) is 6.00. The molecule has 0 N–H and O–H groups in total. The van der Waals surface area contributed by atoms with E-state index >= 15 is 0 Å². The molecular formula is C20H24N2O4S. The Morgan fingerprint density at radius 3 is 2.30 bits per heavy atom. The summed E-state index contributed by atoms with van der Waals surface area (Å²) in [5.74, 6) is 0.265. The lowest BCUT2D eigenvalue weighted by atomic mass is 10.2. The highest BCUT2D eigenvalue weighted by Gasteiger charge is 2.27. The highest BCUT2D eigenvalue weighted by Crippen LogP contribution is 2.19. The van der Waals surface area contributed by atoms with Crippen LogP contribution in [0.15, 0.2) is 72.1 Å². The minimum absolute atomic E-state index is 0.0410. The maximum absolute atomic E-state index is 12.9. The molecule has 27 heavy (non-hydrogen) atoms. The van der Waals surface area contributed by atoms with Crippen molar-refractivity contribution in [3.8, 4) is 5.75 Å². The first kappa shape index (κ1) is 20.7. The van der Waals surface area contributed by atoms with E-state index in [0.717, 1.165) is 9.87 Å². The molecule has 0 saturated carbocycles. The maximum atomic E-state index is 12.9. The van der Waals surface area contributed by atoms with Gasteiger partial charge in [-0.1, -0.05) is 36.4 Å². The van der Waals surface area contributed by atoms with Gasteiger partial charge in [-0.15, -0.1) is 6.58 Å². The van der Waals surface area contributed by atoms with Gasteiger partial charge in [-0.25, -0.2) is 8.42 Å². The molecular weight excluding hydrogens is 364 g/mol. The van der Waals surface area contributed by atoms with E-state index in [1.54, 1.807) is 19.2 Å². The molecule has 0 radical (unpaired) electrons. The monoisotopic (exact) mass is 388 g/mol. The number of ether oxygens (including phenoxy) is 1. The van der Waals surface area contributed by atoms with E-state index in [2.05, 4.69) is 6.58 Å². The van der Waals surface area contributed by atoms with Gasteiger partial charge in [-0.2, -0.15) is 4.31 Å². The quantitative estimate of drug-likeness (QED) is 0.619. The van der Waals surface area contributed by atoms with E-state index in [4.69, 9.17) is 4.74 Å². The first-order chi connectivity index (χ1) is 12.9. The third-order valence-electron chi connectivity index (χ3n) is 4.03. The first-order valence-electron chi connectivity index (χ1n) is 8.41. The van der Waals surface area contributed by atoms with Gasteiger partial charge in [-0.3, -0.25) is 4.79 Å². The minimum Gasteiger partial charge on any atom is -0.497 e. The molecule has 0 fully saturated rings. The molecule has 0 saturated heterocycles. The zero-order valence-corrected chi connectivity index (χ0v) is 16.4. The molecule has 144 valence electrons. The number of amides is 1. The number of hydrogen-bond acceptors (Lipinski definition) is 4. The van der Waals surface area contributed by atoms with Gasteiger partial charge in [0.05, 0.1) is 18.6 Å². The minimum atomic E-state index is -3.83. The van der Waals surface area contributed by atoms with E-state index in [0.29, 0.717) is 12.3 Å². The molecule has 7 heteroatoms. The molecule has 0 unspecified atom stereocenters. The molecule has 0 aliphatic heterocycles. The van der Waals surface area contributed by atoms with Crippen LogP contribution in [0.1, 0.15) is 5.56 Å². The zero-order valence-electron chi connectivity index (χ0n) is 15.5. The summed E-state index contributed by atoms with van der Waals surface area (Å²) in [7, 11) is -0.668. The number of nitrogens with zero attached hydrogens (tertiary/aromatic N) is 2. The number of hydrogen-bond donors (Lipinski definition) is 0. The lowest BCUT2D eigenvalue weighted by Crippen LogP contribution is -2.41. The van der Waals surface area contributed by atoms with Crippen molar-refractivity contribution in [1.82, 2.24) is 9.21 Å². The standard InChI is InChI=1S/C20H24N2O4S/c1-4-14-22(27(24,25)19-12-10-18(26-3)11-13-19)16-20(23)21(2)15-17-8-6-5-7-9-17/h4-13H,1,14-16H2,2-3H3. The van der Waals surface area contributed by atoms with Gasteiger partial charge in [0.25, 0.3) is 0 Å². The fraction of sp³-hybridized carbons (Fsp3) is 0.250. The van der Waals surface area contributed by atoms with Crippen LogP contribution < -0.4 is 4.74 Å². The Hall–Kier alpha value is -2.64. The highest BCUT2D eigenvalue weighted by atomic mass is 32.2. The van der Waals surface area contributed by atoms with Crippen LogP contribution in [0.5, 0.6) is 5.75 Å². The average Bonchev–Trinajstić information content (AvgIpc) is 2.68. The summed E-state index contributed by atoms with van der Waals surface area (Å²) in [6.07, 6.45) is 1.46. The van der Waals surface area contributed by atoms with Crippen molar-refractivity contribution in [3.63, 3.8) is 0 Å². The van der Waals surface area contributed by atoms with Crippen LogP contribution in [0.3, 0.4) is 0 Å². The fourth-order valence-electron chi connectivity index (χ4n) is 2.51. The second-order valence-corrected chi connectivity index (χ2v) is 7.94. The summed E-state index contributed by atoms with van der Waals surface area (Å²) in [6.45, 7) is 3.79. The van der Waals surface area contributed by atoms with Gasteiger partial charge < -0.3 is 9.64 Å². The van der Waals surface area contributed by atoms with Crippen LogP contribution in [0, 0.1) is 0 Å². The molecule has 2 aromatic carbocycles. The smallest absolute Gasteiger partial charge is 0.243 e. The molecule has 0 heterocycles. The van der Waals surface area contributed by atoms with Crippen molar-refractivity contribution in [2.24, 2.45) is 0 Å². The summed E-state index contributed by atoms with van der Waals surface area (Å²) in [4.78, 5) is 14.2. The first-order valence-corrected chi connectivity index (χ1v) is 9.85. The van der Waals surface area contributed by atoms with Gasteiger partial charge in [0.1, 0.15) is 5.75 Å². The number of benzene rings is 2. The lowest BCUT2D eigenvalue weighted by molar-refractivity contribution is -0.130. The third kappa shape index (κ3) is 5.42. The predicted octanol–water partition coefficient (Wildman–Crippen LogP) is 2.53. The van der Waals surface area contributed by atoms with Crippen molar-refractivity contribution in [2.75, 3.05) is 27.2 Å². The number of carbonyl (C=O) groups is 1. The number of likely N-dealkylation sites (N-methyl/N-ethyl adjacent to an activating group) is 1. The average molecular weight is 388 g/mol. The van der Waals surface area contributed by atoms with Gasteiger partial charge in [0, 0.05) is 20.1 Å². The van der Waals surface area contributed by atoms with E-state index in [-0.39, 0.29) is 23.9 Å². The third-order valence-corrected chi connectivity index (χ3v) is 5.86. The molecule has 0 atom stereocenters. The van der Waals surface area contributed by atoms with Gasteiger partial charge in [0.15, 0.2) is 0 Å². The fourth-order valence-corrected chi connectivity index (χ4v) is 3.87. The molecule has 0 aromatic heterocycles. The molecule has 0 aliphatic rings. The molecule has 0 spiro atoms. The summed E-state index contributed by atoms with van der Waals surface area (Å²) in [5, 5.41) is 0. The number of rotatable bonds is 9. The van der Waals surface area contributed by atoms with Crippen LogP contribution >= 0.6 is 0 Å². The topological polar surface area (TPSA) is 66.9 Å². The maximum Gasteiger partial charge on any atom is 0.243 e. The highest BCUT2D eigenvalue weighted by molar-refractivity contribution is 7.89. The zero-order chi connectivity index (χ0) is 19.9. The Bertz CT molecular complexity index is 865. The van der Waals surface area contributed by atoms with E-state index in [9.17, 15) is 13.2 Å². The molecule has 2 aromatic rings. The van der Waals surface area contributed by atoms with Crippen molar-refractivity contribution in [3.05, 3.63) is 72.8 Å². The van der Waals surface area contributed by atoms with Crippen molar-refractivity contribution in [1.29, 1.82) is 0 Å². The summed E-state index contributed by atoms with van der Waals surface area (Å²) in [6, 6.07) is 15.6. The van der Waals surface area contributed by atoms with Crippen molar-refractivity contribution < 1.29 is 17.9 Å². The van der Waals surface area contributed by atoms with Crippen molar-refractivity contribution in [2.45, 2.75) is 11.4 Å². The summed E-state index contributed by atoms with van der Waals surface area (Å²) in [5.41, 5.74) is 0.974. The largest absolute Gasteiger partial charge is 0.497 e. The van der Waals surface area contributed by atoms with Gasteiger partial charge in [-0.05, 0) is 29.8 Å². The molecule has 0 aliphatic carbocycles. The Kier molecular flexibility index (Phi) is 7.15. The van der Waals surface area contributed by atoms with E-state index in [1.165, 1.54) is 30.2 Å². The van der Waals surface area contributed by atoms with Gasteiger partial charge in [0.2, 0.25) is 15.9 Å². The normalized spacial score (nSPS) is 11.2. The van der Waals surface area contributed by atoms with E-state index in [1.807, 2.05) is 30.3 Å². The Morgan fingerprint density at radius 2 is 1.74 bits per heavy atom. The molecule has 6 nitrogen and oxygen atoms in total. The van der Waals surface area contributed by atoms with Gasteiger partial charge >= 0.3 is 0 Å². The predicted molar refractivity (Wildman–Crippen MR) is 105 cm³/mol. The van der Waals surface area contributed by atoms with Crippen LogP contribution in [0.2, 0.25) is 0 Å². The lowest BCUT2D eigenvalue weighted by Gasteiger charge is -2.24. The van der Waals surface area contributed by atoms with Crippen LogP contribution in [0.4, 0.5) is 0 Å².